The van der Waals surface area contributed by atoms with Crippen LogP contribution in [0.5, 0.6) is 0 Å². The lowest BCUT2D eigenvalue weighted by Crippen LogP contribution is -2.41. The summed E-state index contributed by atoms with van der Waals surface area (Å²) in [7, 11) is 1.11. The number of rotatable bonds is 4. The van der Waals surface area contributed by atoms with Gasteiger partial charge in [-0.25, -0.2) is 9.59 Å². The van der Waals surface area contributed by atoms with Gasteiger partial charge in [0.05, 0.1) is 7.11 Å². The molecule has 8 nitrogen and oxygen atoms in total. The second-order valence-corrected chi connectivity index (χ2v) is 3.04. The van der Waals surface area contributed by atoms with E-state index < -0.39 is 37.2 Å². The molecule has 1 fully saturated rings. The highest BCUT2D eigenvalue weighted by Crippen LogP contribution is 2.13. The quantitative estimate of drug-likeness (QED) is 0.599. The average Bonchev–Trinajstić information content (AvgIpc) is 2.71. The van der Waals surface area contributed by atoms with Gasteiger partial charge >= 0.3 is 12.3 Å². The Morgan fingerprint density at radius 1 is 1.62 bits per heavy atom. The molecule has 3 unspecified atom stereocenters. The summed E-state index contributed by atoms with van der Waals surface area (Å²) in [6.07, 6.45) is -5.64. The highest BCUT2D eigenvalue weighted by Gasteiger charge is 2.36. The van der Waals surface area contributed by atoms with Crippen molar-refractivity contribution in [2.45, 2.75) is 18.3 Å². The highest BCUT2D eigenvalue weighted by atomic mass is 16.8. The van der Waals surface area contributed by atoms with Gasteiger partial charge < -0.3 is 29.2 Å². The number of hydrogen-bond donors (Lipinski definition) is 2. The van der Waals surface area contributed by atoms with Crippen molar-refractivity contribution >= 4 is 12.3 Å². The minimum Gasteiger partial charge on any atom is -0.438 e. The average molecular weight is 236 g/mol. The summed E-state index contributed by atoms with van der Waals surface area (Å²) >= 11 is 0. The molecule has 92 valence electrons. The van der Waals surface area contributed by atoms with Crippen molar-refractivity contribution < 1.29 is 38.7 Å². The van der Waals surface area contributed by atoms with Gasteiger partial charge in [-0.05, 0) is 0 Å². The Labute approximate surface area is 90.7 Å². The van der Waals surface area contributed by atoms with E-state index in [1.165, 1.54) is 0 Å². The molecule has 1 saturated heterocycles. The van der Waals surface area contributed by atoms with Gasteiger partial charge in [0.1, 0.15) is 25.4 Å². The van der Waals surface area contributed by atoms with E-state index in [-0.39, 0.29) is 6.61 Å². The second kappa shape index (κ2) is 5.52. The van der Waals surface area contributed by atoms with Gasteiger partial charge in [0.2, 0.25) is 0 Å². The van der Waals surface area contributed by atoms with E-state index in [0.29, 0.717) is 0 Å². The van der Waals surface area contributed by atoms with Crippen LogP contribution in [0.2, 0.25) is 0 Å². The van der Waals surface area contributed by atoms with Crippen LogP contribution in [-0.4, -0.2) is 61.2 Å². The van der Waals surface area contributed by atoms with Gasteiger partial charge in [-0.1, -0.05) is 0 Å². The topological polar surface area (TPSA) is 112 Å². The summed E-state index contributed by atoms with van der Waals surface area (Å²) in [5.41, 5.74) is 0. The molecule has 0 bridgehead atoms. The monoisotopic (exact) mass is 236 g/mol. The van der Waals surface area contributed by atoms with E-state index in [0.717, 1.165) is 7.11 Å². The number of aliphatic hydroxyl groups excluding tert-OH is 2. The zero-order chi connectivity index (χ0) is 12.1. The number of aliphatic hydroxyl groups is 2. The molecule has 0 aliphatic carbocycles. The Hall–Kier alpha value is -1.54. The summed E-state index contributed by atoms with van der Waals surface area (Å²) in [5.74, 6) is 0. The standard InChI is InChI=1S/C8H12O8/c1-13-7(11)14-2-4(9)6(10)5-3-15-8(12)16-5/h4-6,9-10H,2-3H2,1H3. The number of carbonyl (C=O) groups is 2. The molecule has 0 aromatic rings. The molecule has 3 atom stereocenters. The van der Waals surface area contributed by atoms with E-state index in [4.69, 9.17) is 0 Å². The van der Waals surface area contributed by atoms with Crippen LogP contribution < -0.4 is 0 Å². The van der Waals surface area contributed by atoms with Crippen LogP contribution in [-0.2, 0) is 18.9 Å². The van der Waals surface area contributed by atoms with Crippen LogP contribution >= 0.6 is 0 Å². The first-order chi connectivity index (χ1) is 7.54. The van der Waals surface area contributed by atoms with Crippen molar-refractivity contribution in [2.24, 2.45) is 0 Å². The number of ether oxygens (including phenoxy) is 4. The first kappa shape index (κ1) is 12.5. The normalized spacial score (nSPS) is 22.9. The maximum Gasteiger partial charge on any atom is 0.508 e. The number of methoxy groups -OCH3 is 1. The minimum atomic E-state index is -1.39. The third-order valence-electron chi connectivity index (χ3n) is 1.93. The van der Waals surface area contributed by atoms with E-state index >= 15 is 0 Å². The summed E-state index contributed by atoms with van der Waals surface area (Å²) in [4.78, 5) is 21.1. The van der Waals surface area contributed by atoms with Crippen LogP contribution in [0, 0.1) is 0 Å². The number of carbonyl (C=O) groups excluding carboxylic acids is 2. The van der Waals surface area contributed by atoms with Crippen molar-refractivity contribution in [1.29, 1.82) is 0 Å². The van der Waals surface area contributed by atoms with Crippen LogP contribution in [0.1, 0.15) is 0 Å². The van der Waals surface area contributed by atoms with E-state index in [9.17, 15) is 19.8 Å². The largest absolute Gasteiger partial charge is 0.508 e. The van der Waals surface area contributed by atoms with Crippen molar-refractivity contribution in [2.75, 3.05) is 20.3 Å². The highest BCUT2D eigenvalue weighted by molar-refractivity contribution is 5.62. The molecule has 1 aliphatic rings. The van der Waals surface area contributed by atoms with Crippen molar-refractivity contribution in [3.8, 4) is 0 Å². The van der Waals surface area contributed by atoms with E-state index in [1.54, 1.807) is 0 Å². The van der Waals surface area contributed by atoms with E-state index in [1.807, 2.05) is 0 Å². The number of cyclic esters (lactones) is 2. The van der Waals surface area contributed by atoms with E-state index in [2.05, 4.69) is 18.9 Å². The van der Waals surface area contributed by atoms with Gasteiger partial charge in [-0.3, -0.25) is 0 Å². The summed E-state index contributed by atoms with van der Waals surface area (Å²) in [6, 6.07) is 0. The van der Waals surface area contributed by atoms with Gasteiger partial charge in [0, 0.05) is 0 Å². The molecule has 1 rings (SSSR count). The lowest BCUT2D eigenvalue weighted by molar-refractivity contribution is -0.0737. The summed E-state index contributed by atoms with van der Waals surface area (Å²) in [6.45, 7) is -0.628. The zero-order valence-electron chi connectivity index (χ0n) is 8.49. The molecular weight excluding hydrogens is 224 g/mol. The predicted octanol–water partition coefficient (Wildman–Crippen LogP) is -0.973. The molecule has 0 aromatic heterocycles. The fourth-order valence-electron chi connectivity index (χ4n) is 1.07. The Balaban J connectivity index is 2.32. The lowest BCUT2D eigenvalue weighted by Gasteiger charge is -2.20. The molecule has 0 spiro atoms. The second-order valence-electron chi connectivity index (χ2n) is 3.04. The fraction of sp³-hybridized carbons (Fsp3) is 0.750. The Bertz CT molecular complexity index is 265. The fourth-order valence-corrected chi connectivity index (χ4v) is 1.07. The first-order valence-corrected chi connectivity index (χ1v) is 4.45. The smallest absolute Gasteiger partial charge is 0.438 e. The Morgan fingerprint density at radius 3 is 2.81 bits per heavy atom. The Kier molecular flexibility index (Phi) is 4.32. The van der Waals surface area contributed by atoms with Gasteiger partial charge in [-0.2, -0.15) is 0 Å². The molecule has 1 heterocycles. The molecule has 16 heavy (non-hydrogen) atoms. The molecule has 0 radical (unpaired) electrons. The zero-order valence-corrected chi connectivity index (χ0v) is 8.49. The Morgan fingerprint density at radius 2 is 2.31 bits per heavy atom. The molecule has 0 amide bonds. The van der Waals surface area contributed by atoms with Crippen LogP contribution in [0.25, 0.3) is 0 Å². The van der Waals surface area contributed by atoms with Gasteiger partial charge in [-0.15, -0.1) is 0 Å². The van der Waals surface area contributed by atoms with Crippen molar-refractivity contribution in [3.63, 3.8) is 0 Å². The van der Waals surface area contributed by atoms with Crippen molar-refractivity contribution in [3.05, 3.63) is 0 Å². The minimum absolute atomic E-state index is 0.157. The first-order valence-electron chi connectivity index (χ1n) is 4.45. The van der Waals surface area contributed by atoms with Gasteiger partial charge in [0.15, 0.2) is 6.10 Å². The third kappa shape index (κ3) is 3.24. The molecule has 0 aromatic carbocycles. The molecule has 2 N–H and O–H groups in total. The SMILES string of the molecule is COC(=O)OCC(O)C(O)C1COC(=O)O1. The lowest BCUT2D eigenvalue weighted by atomic mass is 10.1. The molecule has 1 aliphatic heterocycles. The van der Waals surface area contributed by atoms with Crippen LogP contribution in [0.3, 0.4) is 0 Å². The third-order valence-corrected chi connectivity index (χ3v) is 1.93. The molecule has 0 saturated carbocycles. The summed E-state index contributed by atoms with van der Waals surface area (Å²) < 4.78 is 17.5. The predicted molar refractivity (Wildman–Crippen MR) is 46.6 cm³/mol. The summed E-state index contributed by atoms with van der Waals surface area (Å²) in [5, 5.41) is 18.9. The maximum atomic E-state index is 10.6. The molecule has 8 heteroatoms. The number of hydrogen-bond acceptors (Lipinski definition) is 8. The molecular formula is C8H12O8. The van der Waals surface area contributed by atoms with Crippen molar-refractivity contribution in [1.82, 2.24) is 0 Å². The van der Waals surface area contributed by atoms with Crippen LogP contribution in [0.15, 0.2) is 0 Å². The van der Waals surface area contributed by atoms with Gasteiger partial charge in [0.25, 0.3) is 0 Å². The maximum absolute atomic E-state index is 10.6. The van der Waals surface area contributed by atoms with Crippen LogP contribution in [0.4, 0.5) is 9.59 Å².